The third-order valence-corrected chi connectivity index (χ3v) is 2.87. The predicted molar refractivity (Wildman–Crippen MR) is 60.1 cm³/mol. The van der Waals surface area contributed by atoms with Gasteiger partial charge in [0.05, 0.1) is 6.10 Å². The van der Waals surface area contributed by atoms with Gasteiger partial charge >= 0.3 is 5.97 Å². The minimum absolute atomic E-state index is 0.0665. The number of carbonyl (C=O) groups is 1. The second kappa shape index (κ2) is 7.63. The molecule has 1 aliphatic rings. The molecule has 2 atom stereocenters. The number of esters is 1. The second-order valence-corrected chi connectivity index (χ2v) is 4.17. The third kappa shape index (κ3) is 4.49. The van der Waals surface area contributed by atoms with Gasteiger partial charge in [-0.1, -0.05) is 6.92 Å². The fourth-order valence-electron chi connectivity index (χ4n) is 1.91. The van der Waals surface area contributed by atoms with Crippen molar-refractivity contribution >= 4 is 5.97 Å². The van der Waals surface area contributed by atoms with E-state index in [0.717, 1.165) is 32.1 Å². The van der Waals surface area contributed by atoms with Crippen LogP contribution >= 0.6 is 0 Å². The van der Waals surface area contributed by atoms with Crippen LogP contribution in [0, 0.1) is 0 Å². The van der Waals surface area contributed by atoms with Gasteiger partial charge in [0, 0.05) is 19.6 Å². The van der Waals surface area contributed by atoms with Crippen LogP contribution in [0.1, 0.15) is 45.4 Å². The van der Waals surface area contributed by atoms with E-state index in [1.54, 1.807) is 0 Å². The molecule has 0 saturated carbocycles. The highest BCUT2D eigenvalue weighted by molar-refractivity contribution is 5.70. The number of ether oxygens (including phenoxy) is 2. The molecule has 1 aliphatic heterocycles. The van der Waals surface area contributed by atoms with E-state index in [9.17, 15) is 4.79 Å². The van der Waals surface area contributed by atoms with Crippen LogP contribution < -0.4 is 0 Å². The first-order valence-corrected chi connectivity index (χ1v) is 6.20. The lowest BCUT2D eigenvalue weighted by Crippen LogP contribution is -2.38. The number of aliphatic hydroxyl groups is 1. The third-order valence-electron chi connectivity index (χ3n) is 2.87. The summed E-state index contributed by atoms with van der Waals surface area (Å²) in [6, 6.07) is 0. The lowest BCUT2D eigenvalue weighted by atomic mass is 10.0. The van der Waals surface area contributed by atoms with Gasteiger partial charge in [0.1, 0.15) is 6.10 Å². The normalized spacial score (nSPS) is 25.5. The molecule has 1 N–H and O–H groups in total. The molecule has 94 valence electrons. The Balaban J connectivity index is 2.16. The van der Waals surface area contributed by atoms with Gasteiger partial charge in [0.2, 0.25) is 0 Å². The van der Waals surface area contributed by atoms with Crippen LogP contribution in [0.2, 0.25) is 0 Å². The zero-order valence-electron chi connectivity index (χ0n) is 9.98. The predicted octanol–water partition coefficient (Wildman–Crippen LogP) is 1.65. The van der Waals surface area contributed by atoms with Crippen molar-refractivity contribution in [3.63, 3.8) is 0 Å². The van der Waals surface area contributed by atoms with Gasteiger partial charge in [-0.15, -0.1) is 0 Å². The quantitative estimate of drug-likeness (QED) is 0.533. The van der Waals surface area contributed by atoms with Crippen molar-refractivity contribution in [2.75, 3.05) is 13.2 Å². The van der Waals surface area contributed by atoms with E-state index in [0.29, 0.717) is 13.0 Å². The van der Waals surface area contributed by atoms with Gasteiger partial charge in [-0.2, -0.15) is 0 Å². The van der Waals surface area contributed by atoms with Gasteiger partial charge in [0.15, 0.2) is 0 Å². The van der Waals surface area contributed by atoms with E-state index in [-0.39, 0.29) is 24.8 Å². The average molecular weight is 230 g/mol. The molecule has 0 aliphatic carbocycles. The van der Waals surface area contributed by atoms with Crippen LogP contribution in [0.3, 0.4) is 0 Å². The molecular formula is C12H22O4. The van der Waals surface area contributed by atoms with Crippen molar-refractivity contribution < 1.29 is 19.4 Å². The standard InChI is InChI=1S/C12H22O4/c1-2-10-11(6-7-12(14)16-10)15-9-5-3-4-8-13/h10-11,13H,2-9H2,1H3/t10?,11-/m0/s1. The molecule has 16 heavy (non-hydrogen) atoms. The molecule has 0 bridgehead atoms. The fraction of sp³-hybridized carbons (Fsp3) is 0.917. The summed E-state index contributed by atoms with van der Waals surface area (Å²) in [7, 11) is 0. The summed E-state index contributed by atoms with van der Waals surface area (Å²) in [5.74, 6) is -0.105. The first-order valence-electron chi connectivity index (χ1n) is 6.20. The summed E-state index contributed by atoms with van der Waals surface area (Å²) in [5.41, 5.74) is 0. The first kappa shape index (κ1) is 13.5. The average Bonchev–Trinajstić information content (AvgIpc) is 2.30. The molecule has 4 nitrogen and oxygen atoms in total. The number of unbranched alkanes of at least 4 members (excludes halogenated alkanes) is 2. The maximum Gasteiger partial charge on any atom is 0.306 e. The zero-order chi connectivity index (χ0) is 11.8. The minimum Gasteiger partial charge on any atom is -0.460 e. The highest BCUT2D eigenvalue weighted by Crippen LogP contribution is 2.20. The Morgan fingerprint density at radius 2 is 2.25 bits per heavy atom. The van der Waals surface area contributed by atoms with Gasteiger partial charge in [-0.3, -0.25) is 4.79 Å². The molecular weight excluding hydrogens is 208 g/mol. The Kier molecular flexibility index (Phi) is 6.42. The number of carbonyl (C=O) groups excluding carboxylic acids is 1. The molecule has 0 amide bonds. The molecule has 0 aromatic rings. The van der Waals surface area contributed by atoms with Crippen LogP contribution in [0.15, 0.2) is 0 Å². The summed E-state index contributed by atoms with van der Waals surface area (Å²) >= 11 is 0. The fourth-order valence-corrected chi connectivity index (χ4v) is 1.91. The Hall–Kier alpha value is -0.610. The smallest absolute Gasteiger partial charge is 0.306 e. The Bertz CT molecular complexity index is 205. The van der Waals surface area contributed by atoms with Crippen molar-refractivity contribution in [1.29, 1.82) is 0 Å². The van der Waals surface area contributed by atoms with Crippen LogP contribution in [0.5, 0.6) is 0 Å². The summed E-state index contributed by atoms with van der Waals surface area (Å²) in [5, 5.41) is 8.63. The monoisotopic (exact) mass is 230 g/mol. The van der Waals surface area contributed by atoms with Crippen molar-refractivity contribution in [3.8, 4) is 0 Å². The summed E-state index contributed by atoms with van der Waals surface area (Å²) in [6.45, 7) is 2.95. The topological polar surface area (TPSA) is 55.8 Å². The number of aliphatic hydroxyl groups excluding tert-OH is 1. The van der Waals surface area contributed by atoms with Crippen LogP contribution in [0.4, 0.5) is 0 Å². The Morgan fingerprint density at radius 1 is 1.44 bits per heavy atom. The van der Waals surface area contributed by atoms with Gasteiger partial charge < -0.3 is 14.6 Å². The number of rotatable bonds is 7. The largest absolute Gasteiger partial charge is 0.460 e. The lowest BCUT2D eigenvalue weighted by Gasteiger charge is -2.30. The number of hydrogen-bond donors (Lipinski definition) is 1. The molecule has 1 rings (SSSR count). The molecule has 1 unspecified atom stereocenters. The van der Waals surface area contributed by atoms with Crippen molar-refractivity contribution in [3.05, 3.63) is 0 Å². The molecule has 0 spiro atoms. The molecule has 0 aromatic carbocycles. The molecule has 1 saturated heterocycles. The van der Waals surface area contributed by atoms with E-state index in [1.165, 1.54) is 0 Å². The zero-order valence-corrected chi connectivity index (χ0v) is 9.98. The second-order valence-electron chi connectivity index (χ2n) is 4.17. The first-order chi connectivity index (χ1) is 7.77. The van der Waals surface area contributed by atoms with E-state index in [1.807, 2.05) is 6.92 Å². The molecule has 4 heteroatoms. The maximum atomic E-state index is 11.1. The van der Waals surface area contributed by atoms with Crippen LogP contribution in [-0.2, 0) is 14.3 Å². The van der Waals surface area contributed by atoms with Crippen molar-refractivity contribution in [1.82, 2.24) is 0 Å². The van der Waals surface area contributed by atoms with Crippen LogP contribution in [-0.4, -0.2) is 36.5 Å². The van der Waals surface area contributed by atoms with Gasteiger partial charge in [-0.05, 0) is 32.1 Å². The molecule has 0 aromatic heterocycles. The molecule has 0 radical (unpaired) electrons. The summed E-state index contributed by atoms with van der Waals surface area (Å²) in [4.78, 5) is 11.1. The maximum absolute atomic E-state index is 11.1. The number of hydrogen-bond acceptors (Lipinski definition) is 4. The SMILES string of the molecule is CCC1OC(=O)CC[C@@H]1OCCCCCO. The molecule has 1 fully saturated rings. The van der Waals surface area contributed by atoms with Gasteiger partial charge in [-0.25, -0.2) is 0 Å². The summed E-state index contributed by atoms with van der Waals surface area (Å²) in [6.07, 6.45) is 4.83. The van der Waals surface area contributed by atoms with E-state index < -0.39 is 0 Å². The lowest BCUT2D eigenvalue weighted by molar-refractivity contribution is -0.168. The van der Waals surface area contributed by atoms with Crippen molar-refractivity contribution in [2.45, 2.75) is 57.7 Å². The highest BCUT2D eigenvalue weighted by Gasteiger charge is 2.29. The Morgan fingerprint density at radius 3 is 2.94 bits per heavy atom. The summed E-state index contributed by atoms with van der Waals surface area (Å²) < 4.78 is 10.9. The minimum atomic E-state index is -0.105. The van der Waals surface area contributed by atoms with E-state index in [4.69, 9.17) is 14.6 Å². The van der Waals surface area contributed by atoms with Crippen molar-refractivity contribution in [2.24, 2.45) is 0 Å². The number of cyclic esters (lactones) is 1. The van der Waals surface area contributed by atoms with Crippen LogP contribution in [0.25, 0.3) is 0 Å². The Labute approximate surface area is 96.9 Å². The molecule has 1 heterocycles. The van der Waals surface area contributed by atoms with E-state index >= 15 is 0 Å². The van der Waals surface area contributed by atoms with Gasteiger partial charge in [0.25, 0.3) is 0 Å². The highest BCUT2D eigenvalue weighted by atomic mass is 16.6. The van der Waals surface area contributed by atoms with E-state index in [2.05, 4.69) is 0 Å².